The van der Waals surface area contributed by atoms with Crippen LogP contribution in [-0.2, 0) is 60.7 Å². The largest absolute Gasteiger partial charge is 0.610 e. The predicted molar refractivity (Wildman–Crippen MR) is 236 cm³/mol. The van der Waals surface area contributed by atoms with Gasteiger partial charge in [0, 0.05) is 53.5 Å². The van der Waals surface area contributed by atoms with E-state index in [1.807, 2.05) is 0 Å². The van der Waals surface area contributed by atoms with Gasteiger partial charge in [0.2, 0.25) is 58.2 Å². The van der Waals surface area contributed by atoms with Gasteiger partial charge in [-0.15, -0.1) is 0 Å². The molecule has 0 radical (unpaired) electrons. The Hall–Kier alpha value is -6.02. The number of rotatable bonds is 9. The zero-order valence-corrected chi connectivity index (χ0v) is 38.5. The second kappa shape index (κ2) is 22.6. The predicted octanol–water partition coefficient (Wildman–Crippen LogP) is -4.84. The number of hydrogen-bond donors (Lipinski definition) is 12. The van der Waals surface area contributed by atoms with Crippen LogP contribution < -0.4 is 47.7 Å². The van der Waals surface area contributed by atoms with Crippen LogP contribution in [0.15, 0.2) is 23.2 Å². The van der Waals surface area contributed by atoms with Crippen molar-refractivity contribution in [3.8, 4) is 5.75 Å². The number of fused-ring (bicyclic) bond motifs is 5. The van der Waals surface area contributed by atoms with E-state index >= 15 is 0 Å². The molecule has 0 spiro atoms. The highest BCUT2D eigenvalue weighted by Crippen LogP contribution is 2.32. The average molecular weight is 961 g/mol. The van der Waals surface area contributed by atoms with Gasteiger partial charge in [0.1, 0.15) is 41.7 Å². The molecule has 24 nitrogen and oxygen atoms in total. The summed E-state index contributed by atoms with van der Waals surface area (Å²) in [7, 11) is 0. The smallest absolute Gasteiger partial charge is 0.248 e. The fraction of sp³-hybridized carbons (Fsp3) is 0.595. The van der Waals surface area contributed by atoms with Gasteiger partial charge in [-0.3, -0.25) is 43.2 Å². The molecule has 3 aliphatic heterocycles. The van der Waals surface area contributed by atoms with E-state index in [0.29, 0.717) is 23.1 Å². The molecule has 67 heavy (non-hydrogen) atoms. The van der Waals surface area contributed by atoms with Crippen LogP contribution in [0.1, 0.15) is 59.4 Å². The summed E-state index contributed by atoms with van der Waals surface area (Å²) in [5.41, 5.74) is 5.98. The van der Waals surface area contributed by atoms with Crippen LogP contribution in [0, 0.1) is 11.8 Å². The van der Waals surface area contributed by atoms with E-state index in [9.17, 15) is 63.0 Å². The van der Waals surface area contributed by atoms with Crippen LogP contribution in [0.4, 0.5) is 0 Å². The van der Waals surface area contributed by atoms with Gasteiger partial charge in [0.05, 0.1) is 49.9 Å². The number of nitrogens with one attached hydrogen (secondary N) is 8. The lowest BCUT2D eigenvalue weighted by atomic mass is 9.93. The van der Waals surface area contributed by atoms with Crippen molar-refractivity contribution in [1.29, 1.82) is 0 Å². The van der Waals surface area contributed by atoms with E-state index in [-0.39, 0.29) is 16.7 Å². The molecule has 2 aromatic rings. The molecule has 5 rings (SSSR count). The summed E-state index contributed by atoms with van der Waals surface area (Å²) in [5, 5.41) is 49.0. The number of hydrogen-bond acceptors (Lipinski definition) is 14. The maximum absolute atomic E-state index is 14.8. The van der Waals surface area contributed by atoms with Crippen molar-refractivity contribution < 1.29 is 67.8 Å². The number of aromatic amines is 1. The second-order valence-corrected chi connectivity index (χ2v) is 18.7. The topological polar surface area (TPSA) is 376 Å². The third kappa shape index (κ3) is 12.9. The molecule has 4 heterocycles. The standard InChI is InChI=1S/C42H60N10O14S/c1-6-19(4)34-39(62)45-13-32(57)46-28-17-67(65)41-24(23-8-7-22(66-18(2)3)10-25(23)49-41)11-26(36(59)44-14-33(58)50-34)47-40(63)35(20(5)30(55)16-53)51-38(61)29-9-21(54)15-52(29)42(64)27(12-31(43)56)48-37(28)60/h7-8,10,18-21,26-30,34-35,49,53-55H,6,9,11-17H2,1-5H3,(H2,43,56)(H,44,59)(H,45,62)(H,46,57)(H,47,63)(H,48,60)(H,50,58)(H,51,61)/t19-,20-,21+,26+,27-,28-,29-,30-,34-,35-,67?/m0/s1. The molecule has 13 N–H and O–H groups in total. The van der Waals surface area contributed by atoms with Crippen molar-refractivity contribution in [1.82, 2.24) is 47.1 Å². The number of nitrogens with zero attached hydrogens (tertiary/aromatic N) is 1. The first-order valence-electron chi connectivity index (χ1n) is 21.9. The summed E-state index contributed by atoms with van der Waals surface area (Å²) in [4.78, 5) is 128. The maximum Gasteiger partial charge on any atom is 0.248 e. The zero-order valence-electron chi connectivity index (χ0n) is 37.7. The normalized spacial score (nSPS) is 27.8. The average Bonchev–Trinajstić information content (AvgIpc) is 3.85. The number of carbonyl (C=O) groups excluding carboxylic acids is 9. The molecule has 1 aromatic heterocycles. The number of carbonyl (C=O) groups is 9. The first-order chi connectivity index (χ1) is 31.6. The quantitative estimate of drug-likeness (QED) is 0.105. The van der Waals surface area contributed by atoms with Crippen LogP contribution in [0.3, 0.4) is 0 Å². The molecule has 2 bridgehead atoms. The lowest BCUT2D eigenvalue weighted by Crippen LogP contribution is -2.62. The Morgan fingerprint density at radius 3 is 2.19 bits per heavy atom. The summed E-state index contributed by atoms with van der Waals surface area (Å²) in [5.74, 6) is -11.2. The highest BCUT2D eigenvalue weighted by molar-refractivity contribution is 7.91. The molecule has 25 heteroatoms. The molecule has 1 aromatic carbocycles. The highest BCUT2D eigenvalue weighted by atomic mass is 32.2. The number of H-pyrrole nitrogens is 1. The fourth-order valence-corrected chi connectivity index (χ4v) is 9.43. The number of aromatic nitrogens is 1. The summed E-state index contributed by atoms with van der Waals surface area (Å²) < 4.78 is 20.6. The number of amides is 9. The van der Waals surface area contributed by atoms with E-state index in [1.165, 1.54) is 6.92 Å². The van der Waals surface area contributed by atoms with Crippen molar-refractivity contribution >= 4 is 75.2 Å². The lowest BCUT2D eigenvalue weighted by molar-refractivity contribution is -0.144. The number of aliphatic hydroxyl groups excluding tert-OH is 3. The Kier molecular flexibility index (Phi) is 17.6. The van der Waals surface area contributed by atoms with Gasteiger partial charge in [-0.2, -0.15) is 0 Å². The number of benzene rings is 1. The van der Waals surface area contributed by atoms with Gasteiger partial charge in [0.25, 0.3) is 0 Å². The van der Waals surface area contributed by atoms with Gasteiger partial charge in [-0.1, -0.05) is 27.2 Å². The summed E-state index contributed by atoms with van der Waals surface area (Å²) in [6.07, 6.45) is -4.61. The molecule has 1 saturated heterocycles. The number of nitrogens with two attached hydrogens (primary N) is 1. The Bertz CT molecular complexity index is 2220. The molecule has 3 aliphatic rings. The number of primary amides is 1. The van der Waals surface area contributed by atoms with Crippen molar-refractivity contribution in [2.75, 3.05) is 32.0 Å². The number of ether oxygens (including phenoxy) is 1. The molecule has 1 fully saturated rings. The van der Waals surface area contributed by atoms with Gasteiger partial charge >= 0.3 is 0 Å². The fourth-order valence-electron chi connectivity index (χ4n) is 8.04. The van der Waals surface area contributed by atoms with Gasteiger partial charge in [-0.05, 0) is 31.9 Å². The van der Waals surface area contributed by atoms with E-state index in [4.69, 9.17) is 10.5 Å². The lowest BCUT2D eigenvalue weighted by Gasteiger charge is -2.32. The molecule has 0 aliphatic carbocycles. The van der Waals surface area contributed by atoms with Crippen molar-refractivity contribution in [3.05, 3.63) is 23.8 Å². The molecule has 11 atom stereocenters. The second-order valence-electron chi connectivity index (χ2n) is 17.3. The Morgan fingerprint density at radius 2 is 1.55 bits per heavy atom. The Labute approximate surface area is 388 Å². The van der Waals surface area contributed by atoms with E-state index in [2.05, 4.69) is 42.2 Å². The maximum atomic E-state index is 14.8. The minimum Gasteiger partial charge on any atom is -0.610 e. The first kappa shape index (κ1) is 52.0. The monoisotopic (exact) mass is 960 g/mol. The van der Waals surface area contributed by atoms with Crippen LogP contribution in [0.2, 0.25) is 0 Å². The third-order valence-electron chi connectivity index (χ3n) is 11.9. The Balaban J connectivity index is 1.75. The molecule has 9 amide bonds. The van der Waals surface area contributed by atoms with Crippen LogP contribution >= 0.6 is 0 Å². The molecule has 0 saturated carbocycles. The zero-order chi connectivity index (χ0) is 49.4. The minimum atomic E-state index is -2.35. The summed E-state index contributed by atoms with van der Waals surface area (Å²) in [6.45, 7) is 5.42. The third-order valence-corrected chi connectivity index (χ3v) is 13.3. The van der Waals surface area contributed by atoms with Crippen molar-refractivity contribution in [3.63, 3.8) is 0 Å². The summed E-state index contributed by atoms with van der Waals surface area (Å²) >= 11 is -2.35. The number of aliphatic hydroxyl groups is 3. The first-order valence-corrected chi connectivity index (χ1v) is 23.2. The van der Waals surface area contributed by atoms with E-state index < -0.39 is 176 Å². The van der Waals surface area contributed by atoms with Crippen molar-refractivity contribution in [2.24, 2.45) is 17.6 Å². The van der Waals surface area contributed by atoms with Gasteiger partial charge in [0.15, 0.2) is 6.04 Å². The van der Waals surface area contributed by atoms with E-state index in [0.717, 1.165) is 4.90 Å². The molecular formula is C42H60N10O14S. The van der Waals surface area contributed by atoms with Crippen LogP contribution in [-0.4, -0.2) is 169 Å². The van der Waals surface area contributed by atoms with Crippen LogP contribution in [0.5, 0.6) is 5.75 Å². The van der Waals surface area contributed by atoms with Crippen LogP contribution in [0.25, 0.3) is 10.9 Å². The highest BCUT2D eigenvalue weighted by Gasteiger charge is 2.45. The molecular weight excluding hydrogens is 901 g/mol. The molecule has 1 unspecified atom stereocenters. The van der Waals surface area contributed by atoms with Gasteiger partial charge in [-0.25, -0.2) is 0 Å². The Morgan fingerprint density at radius 1 is 0.881 bits per heavy atom. The minimum absolute atomic E-state index is 0.104. The molecule has 368 valence electrons. The SMILES string of the molecule is CC[C@H](C)[C@@H]1NC(=O)CNC(=O)[C@H]2Cc3c([nH]c4cc(OC(C)C)ccc34)[S+]([O-])C[C@H](NC(=O)CNC1=O)C(=O)N[C@@H](CC(N)=O)C(=O)N1C[C@H](O)C[C@H]1C(=O)N[C@@H]([C@@H](C)[C@@H](O)CO)C(=O)N2. The summed E-state index contributed by atoms with van der Waals surface area (Å²) in [6, 6.07) is -5.09. The van der Waals surface area contributed by atoms with E-state index in [1.54, 1.807) is 45.9 Å². The van der Waals surface area contributed by atoms with Gasteiger partial charge < -0.3 is 77.4 Å². The van der Waals surface area contributed by atoms with Crippen molar-refractivity contribution in [2.45, 2.75) is 120 Å².